The molecule has 0 radical (unpaired) electrons. The number of hydrogen-bond acceptors (Lipinski definition) is 6. The minimum atomic E-state index is 0.464. The van der Waals surface area contributed by atoms with Crippen LogP contribution in [0.15, 0.2) is 11.6 Å². The van der Waals surface area contributed by atoms with Gasteiger partial charge in [0, 0.05) is 18.7 Å². The van der Waals surface area contributed by atoms with Gasteiger partial charge >= 0.3 is 0 Å². The summed E-state index contributed by atoms with van der Waals surface area (Å²) in [5, 5.41) is 2.77. The van der Waals surface area contributed by atoms with E-state index in [9.17, 15) is 0 Å². The summed E-state index contributed by atoms with van der Waals surface area (Å²) in [4.78, 5) is 12.6. The molecule has 0 atom stereocenters. The summed E-state index contributed by atoms with van der Waals surface area (Å²) >= 11 is 1.51. The summed E-state index contributed by atoms with van der Waals surface area (Å²) in [6.07, 6.45) is 1.70. The van der Waals surface area contributed by atoms with Crippen LogP contribution in [0.1, 0.15) is 11.5 Å². The number of nitrogens with zero attached hydrogens (tertiary/aromatic N) is 3. The second-order valence-electron chi connectivity index (χ2n) is 3.29. The Hall–Kier alpha value is -1.53. The second-order valence-corrected chi connectivity index (χ2v) is 4.15. The molecule has 0 spiro atoms. The van der Waals surface area contributed by atoms with Crippen molar-refractivity contribution < 1.29 is 4.74 Å². The number of nitrogens with two attached hydrogens (primary N) is 1. The van der Waals surface area contributed by atoms with Crippen molar-refractivity contribution >= 4 is 17.2 Å². The van der Waals surface area contributed by atoms with Gasteiger partial charge in [-0.1, -0.05) is 0 Å². The third kappa shape index (κ3) is 2.17. The number of aromatic nitrogens is 3. The number of nitrogen functional groups attached to an aromatic ring is 1. The Morgan fingerprint density at radius 3 is 2.94 bits per heavy atom. The summed E-state index contributed by atoms with van der Waals surface area (Å²) < 4.78 is 5.01. The molecule has 2 aromatic heterocycles. The van der Waals surface area contributed by atoms with Crippen LogP contribution in [0.2, 0.25) is 0 Å². The van der Waals surface area contributed by atoms with Gasteiger partial charge in [0.1, 0.15) is 16.6 Å². The highest BCUT2D eigenvalue weighted by Gasteiger charge is 2.09. The lowest BCUT2D eigenvalue weighted by Gasteiger charge is -2.00. The molecule has 2 aromatic rings. The molecule has 2 N–H and O–H groups in total. The molecule has 0 aliphatic carbocycles. The van der Waals surface area contributed by atoms with Crippen LogP contribution in [-0.4, -0.2) is 22.1 Å². The van der Waals surface area contributed by atoms with E-state index in [-0.39, 0.29) is 0 Å². The Morgan fingerprint density at radius 1 is 1.44 bits per heavy atom. The van der Waals surface area contributed by atoms with Crippen molar-refractivity contribution in [3.8, 4) is 10.6 Å². The fourth-order valence-corrected chi connectivity index (χ4v) is 2.12. The zero-order chi connectivity index (χ0) is 11.5. The van der Waals surface area contributed by atoms with Crippen LogP contribution in [0.3, 0.4) is 0 Å². The molecule has 0 fully saturated rings. The lowest BCUT2D eigenvalue weighted by molar-refractivity contribution is 0.182. The number of thiazole rings is 1. The van der Waals surface area contributed by atoms with Crippen molar-refractivity contribution in [3.05, 3.63) is 23.1 Å². The average molecular weight is 236 g/mol. The fraction of sp³-hybridized carbons (Fsp3) is 0.300. The van der Waals surface area contributed by atoms with Crippen molar-refractivity contribution in [3.63, 3.8) is 0 Å². The second kappa shape index (κ2) is 4.54. The van der Waals surface area contributed by atoms with Gasteiger partial charge in [0.15, 0.2) is 0 Å². The van der Waals surface area contributed by atoms with Crippen LogP contribution in [0.25, 0.3) is 10.6 Å². The minimum Gasteiger partial charge on any atom is -0.383 e. The maximum absolute atomic E-state index is 5.82. The van der Waals surface area contributed by atoms with Crippen LogP contribution in [0.5, 0.6) is 0 Å². The predicted molar refractivity (Wildman–Crippen MR) is 63.0 cm³/mol. The van der Waals surface area contributed by atoms with E-state index >= 15 is 0 Å². The van der Waals surface area contributed by atoms with E-state index in [1.54, 1.807) is 20.2 Å². The maximum Gasteiger partial charge on any atom is 0.137 e. The van der Waals surface area contributed by atoms with Gasteiger partial charge in [0.05, 0.1) is 17.9 Å². The van der Waals surface area contributed by atoms with Gasteiger partial charge in [-0.25, -0.2) is 15.0 Å². The Bertz CT molecular complexity index is 497. The van der Waals surface area contributed by atoms with Gasteiger partial charge in [-0.3, -0.25) is 0 Å². The monoisotopic (exact) mass is 236 g/mol. The molecule has 16 heavy (non-hydrogen) atoms. The van der Waals surface area contributed by atoms with Crippen molar-refractivity contribution in [1.82, 2.24) is 15.0 Å². The first kappa shape index (κ1) is 11.0. The summed E-state index contributed by atoms with van der Waals surface area (Å²) in [7, 11) is 1.64. The summed E-state index contributed by atoms with van der Waals surface area (Å²) in [5.74, 6) is 1.13. The molecule has 6 heteroatoms. The Kier molecular flexibility index (Phi) is 3.12. The quantitative estimate of drug-likeness (QED) is 0.876. The summed E-state index contributed by atoms with van der Waals surface area (Å²) in [5.41, 5.74) is 7.49. The van der Waals surface area contributed by atoms with Gasteiger partial charge in [-0.2, -0.15) is 0 Å². The Morgan fingerprint density at radius 2 is 2.25 bits per heavy atom. The predicted octanol–water partition coefficient (Wildman–Crippen LogP) is 1.64. The normalized spacial score (nSPS) is 10.6. The molecule has 0 saturated carbocycles. The number of hydrogen-bond donors (Lipinski definition) is 1. The minimum absolute atomic E-state index is 0.464. The van der Waals surface area contributed by atoms with Crippen LogP contribution < -0.4 is 5.73 Å². The zero-order valence-electron chi connectivity index (χ0n) is 9.10. The molecule has 5 nitrogen and oxygen atoms in total. The van der Waals surface area contributed by atoms with Crippen molar-refractivity contribution in [2.24, 2.45) is 0 Å². The number of ether oxygens (including phenoxy) is 1. The van der Waals surface area contributed by atoms with Crippen LogP contribution in [-0.2, 0) is 11.3 Å². The standard InChI is InChI=1S/C10H12N4OS/c1-6-12-3-8(9(11)13-6)10-14-7(4-15-2)5-16-10/h3,5H,4H2,1-2H3,(H2,11,12,13). The molecular weight excluding hydrogens is 224 g/mol. The van der Waals surface area contributed by atoms with Crippen molar-refractivity contribution in [2.75, 3.05) is 12.8 Å². The first-order valence-corrected chi connectivity index (χ1v) is 5.61. The maximum atomic E-state index is 5.82. The van der Waals surface area contributed by atoms with Gasteiger partial charge in [-0.15, -0.1) is 11.3 Å². The number of anilines is 1. The first-order valence-electron chi connectivity index (χ1n) is 4.73. The lowest BCUT2D eigenvalue weighted by atomic mass is 10.3. The molecule has 2 heterocycles. The van der Waals surface area contributed by atoms with E-state index in [1.807, 2.05) is 5.38 Å². The molecule has 0 aliphatic rings. The molecule has 2 rings (SSSR count). The van der Waals surface area contributed by atoms with E-state index in [0.717, 1.165) is 16.3 Å². The molecule has 0 unspecified atom stereocenters. The fourth-order valence-electron chi connectivity index (χ4n) is 1.30. The first-order chi connectivity index (χ1) is 7.70. The number of rotatable bonds is 3. The van der Waals surface area contributed by atoms with Crippen LogP contribution in [0, 0.1) is 6.92 Å². The van der Waals surface area contributed by atoms with Gasteiger partial charge in [-0.05, 0) is 6.92 Å². The molecule has 84 valence electrons. The smallest absolute Gasteiger partial charge is 0.137 e. The lowest BCUT2D eigenvalue weighted by Crippen LogP contribution is -1.98. The van der Waals surface area contributed by atoms with E-state index in [1.165, 1.54) is 11.3 Å². The Labute approximate surface area is 97.3 Å². The van der Waals surface area contributed by atoms with Crippen LogP contribution >= 0.6 is 11.3 Å². The highest BCUT2D eigenvalue weighted by Crippen LogP contribution is 2.27. The van der Waals surface area contributed by atoms with Gasteiger partial charge < -0.3 is 10.5 Å². The van der Waals surface area contributed by atoms with Gasteiger partial charge in [0.2, 0.25) is 0 Å². The van der Waals surface area contributed by atoms with E-state index in [4.69, 9.17) is 10.5 Å². The molecule has 0 amide bonds. The largest absolute Gasteiger partial charge is 0.383 e. The molecule has 0 aliphatic heterocycles. The van der Waals surface area contributed by atoms with E-state index < -0.39 is 0 Å². The van der Waals surface area contributed by atoms with E-state index in [2.05, 4.69) is 15.0 Å². The van der Waals surface area contributed by atoms with Crippen molar-refractivity contribution in [1.29, 1.82) is 0 Å². The average Bonchev–Trinajstić information content (AvgIpc) is 2.67. The molecule has 0 bridgehead atoms. The molecular formula is C10H12N4OS. The number of aryl methyl sites for hydroxylation is 1. The van der Waals surface area contributed by atoms with Crippen molar-refractivity contribution in [2.45, 2.75) is 13.5 Å². The summed E-state index contributed by atoms with van der Waals surface area (Å²) in [6, 6.07) is 0. The number of methoxy groups -OCH3 is 1. The Balaban J connectivity index is 2.35. The summed E-state index contributed by atoms with van der Waals surface area (Å²) in [6.45, 7) is 2.31. The van der Waals surface area contributed by atoms with Crippen LogP contribution in [0.4, 0.5) is 5.82 Å². The van der Waals surface area contributed by atoms with Gasteiger partial charge in [0.25, 0.3) is 0 Å². The van der Waals surface area contributed by atoms with E-state index in [0.29, 0.717) is 18.2 Å². The third-order valence-corrected chi connectivity index (χ3v) is 2.94. The SMILES string of the molecule is COCc1csc(-c2cnc(C)nc2N)n1. The zero-order valence-corrected chi connectivity index (χ0v) is 9.91. The topological polar surface area (TPSA) is 73.9 Å². The third-order valence-electron chi connectivity index (χ3n) is 2.01. The molecule has 0 saturated heterocycles. The highest BCUT2D eigenvalue weighted by molar-refractivity contribution is 7.13. The molecule has 0 aromatic carbocycles. The highest BCUT2D eigenvalue weighted by atomic mass is 32.1.